The summed E-state index contributed by atoms with van der Waals surface area (Å²) in [5.74, 6) is 1.49. The maximum Gasteiger partial charge on any atom is 0.0489 e. The molecule has 0 amide bonds. The van der Waals surface area contributed by atoms with E-state index in [0.717, 1.165) is 11.3 Å². The van der Waals surface area contributed by atoms with Crippen molar-refractivity contribution in [2.45, 2.75) is 16.5 Å². The van der Waals surface area contributed by atoms with Gasteiger partial charge >= 0.3 is 0 Å². The van der Waals surface area contributed by atoms with E-state index in [-0.39, 0.29) is 0 Å². The second-order valence-electron chi connectivity index (χ2n) is 3.44. The third-order valence-corrected chi connectivity index (χ3v) is 3.52. The van der Waals surface area contributed by atoms with Crippen LogP contribution < -0.4 is 0 Å². The molecule has 0 unspecified atom stereocenters. The minimum Gasteiger partial charge on any atom is -0.263 e. The molecule has 0 aliphatic rings. The molecule has 1 aromatic carbocycles. The smallest absolute Gasteiger partial charge is 0.0489 e. The van der Waals surface area contributed by atoms with Crippen LogP contribution in [-0.2, 0) is 11.6 Å². The van der Waals surface area contributed by atoms with E-state index in [4.69, 9.17) is 11.6 Å². The molecule has 0 spiro atoms. The summed E-state index contributed by atoms with van der Waals surface area (Å²) in [6, 6.07) is 12.5. The van der Waals surface area contributed by atoms with Crippen LogP contribution in [0.1, 0.15) is 11.1 Å². The Bertz CT molecular complexity index is 445. The minimum absolute atomic E-state index is 0.521. The van der Waals surface area contributed by atoms with Gasteiger partial charge in [0.2, 0.25) is 0 Å². The van der Waals surface area contributed by atoms with E-state index in [9.17, 15) is 0 Å². The van der Waals surface area contributed by atoms with Gasteiger partial charge in [-0.15, -0.1) is 23.4 Å². The number of rotatable bonds is 4. The highest BCUT2D eigenvalue weighted by Crippen LogP contribution is 2.22. The summed E-state index contributed by atoms with van der Waals surface area (Å²) in [5.41, 5.74) is 2.39. The predicted molar refractivity (Wildman–Crippen MR) is 69.8 cm³/mol. The van der Waals surface area contributed by atoms with Crippen molar-refractivity contribution in [1.82, 2.24) is 4.98 Å². The first kappa shape index (κ1) is 11.5. The van der Waals surface area contributed by atoms with Gasteiger partial charge in [-0.05, 0) is 17.2 Å². The molecular formula is C13H12ClNS. The molecule has 1 aromatic heterocycles. The van der Waals surface area contributed by atoms with Gasteiger partial charge in [0.1, 0.15) is 0 Å². The van der Waals surface area contributed by atoms with Gasteiger partial charge in [0.15, 0.2) is 0 Å². The van der Waals surface area contributed by atoms with Crippen LogP contribution in [0.3, 0.4) is 0 Å². The molecule has 0 radical (unpaired) electrons. The minimum atomic E-state index is 0.521. The zero-order valence-electron chi connectivity index (χ0n) is 8.77. The molecule has 16 heavy (non-hydrogen) atoms. The lowest BCUT2D eigenvalue weighted by molar-refractivity contribution is 1.17. The Morgan fingerprint density at radius 1 is 1.06 bits per heavy atom. The Morgan fingerprint density at radius 3 is 2.62 bits per heavy atom. The summed E-state index contributed by atoms with van der Waals surface area (Å²) < 4.78 is 0. The number of aromatic nitrogens is 1. The summed E-state index contributed by atoms with van der Waals surface area (Å²) in [7, 11) is 0. The highest BCUT2D eigenvalue weighted by molar-refractivity contribution is 7.98. The van der Waals surface area contributed by atoms with E-state index in [1.54, 1.807) is 18.0 Å². The fourth-order valence-corrected chi connectivity index (χ4v) is 2.40. The van der Waals surface area contributed by atoms with Crippen LogP contribution in [0.4, 0.5) is 0 Å². The third-order valence-electron chi connectivity index (χ3n) is 2.17. The molecule has 0 aliphatic heterocycles. The van der Waals surface area contributed by atoms with Crippen LogP contribution in [-0.4, -0.2) is 4.98 Å². The highest BCUT2D eigenvalue weighted by atomic mass is 35.5. The first-order chi connectivity index (χ1) is 7.88. The van der Waals surface area contributed by atoms with Gasteiger partial charge in [0.25, 0.3) is 0 Å². The van der Waals surface area contributed by atoms with Crippen LogP contribution in [0.5, 0.6) is 0 Å². The quantitative estimate of drug-likeness (QED) is 0.597. The molecule has 0 N–H and O–H groups in total. The molecule has 0 aliphatic carbocycles. The number of pyridine rings is 1. The van der Waals surface area contributed by atoms with Crippen molar-refractivity contribution < 1.29 is 0 Å². The second-order valence-corrected chi connectivity index (χ2v) is 4.75. The van der Waals surface area contributed by atoms with Crippen molar-refractivity contribution in [3.05, 3.63) is 59.9 Å². The van der Waals surface area contributed by atoms with Crippen LogP contribution >= 0.6 is 23.4 Å². The van der Waals surface area contributed by atoms with Gasteiger partial charge in [-0.25, -0.2) is 0 Å². The Balaban J connectivity index is 1.99. The van der Waals surface area contributed by atoms with Crippen molar-refractivity contribution >= 4 is 23.4 Å². The lowest BCUT2D eigenvalue weighted by Gasteiger charge is -2.02. The van der Waals surface area contributed by atoms with Crippen molar-refractivity contribution in [2.24, 2.45) is 0 Å². The number of benzene rings is 1. The average molecular weight is 250 g/mol. The van der Waals surface area contributed by atoms with Gasteiger partial charge in [-0.3, -0.25) is 4.98 Å². The van der Waals surface area contributed by atoms with Gasteiger partial charge in [0.05, 0.1) is 0 Å². The molecular weight excluding hydrogens is 238 g/mol. The Labute approximate surface area is 105 Å². The van der Waals surface area contributed by atoms with Crippen LogP contribution in [0.25, 0.3) is 0 Å². The molecule has 2 aromatic rings. The Morgan fingerprint density at radius 2 is 1.88 bits per heavy atom. The SMILES string of the molecule is ClCc1cncc(SCc2ccccc2)c1. The topological polar surface area (TPSA) is 12.9 Å². The zero-order valence-corrected chi connectivity index (χ0v) is 10.3. The molecule has 1 heterocycles. The molecule has 3 heteroatoms. The number of nitrogens with zero attached hydrogens (tertiary/aromatic N) is 1. The first-order valence-corrected chi connectivity index (χ1v) is 6.57. The normalized spacial score (nSPS) is 10.3. The van der Waals surface area contributed by atoms with Gasteiger partial charge < -0.3 is 0 Å². The van der Waals surface area contributed by atoms with Crippen molar-refractivity contribution in [3.8, 4) is 0 Å². The molecule has 0 saturated carbocycles. The predicted octanol–water partition coefficient (Wildman–Crippen LogP) is 4.11. The molecule has 82 valence electrons. The number of hydrogen-bond acceptors (Lipinski definition) is 2. The van der Waals surface area contributed by atoms with Gasteiger partial charge in [-0.2, -0.15) is 0 Å². The second kappa shape index (κ2) is 5.92. The fourth-order valence-electron chi connectivity index (χ4n) is 1.36. The number of thioether (sulfide) groups is 1. The monoisotopic (exact) mass is 249 g/mol. The number of alkyl halides is 1. The lowest BCUT2D eigenvalue weighted by atomic mass is 10.2. The molecule has 0 atom stereocenters. The lowest BCUT2D eigenvalue weighted by Crippen LogP contribution is -1.84. The maximum absolute atomic E-state index is 5.77. The summed E-state index contributed by atoms with van der Waals surface area (Å²) in [4.78, 5) is 5.33. The Hall–Kier alpha value is -0.990. The summed E-state index contributed by atoms with van der Waals surface area (Å²) in [6.45, 7) is 0. The summed E-state index contributed by atoms with van der Waals surface area (Å²) >= 11 is 7.55. The van der Waals surface area contributed by atoms with Crippen molar-refractivity contribution in [3.63, 3.8) is 0 Å². The van der Waals surface area contributed by atoms with Crippen LogP contribution in [0.15, 0.2) is 53.7 Å². The van der Waals surface area contributed by atoms with E-state index in [0.29, 0.717) is 5.88 Å². The van der Waals surface area contributed by atoms with Gasteiger partial charge in [0, 0.05) is 28.9 Å². The highest BCUT2D eigenvalue weighted by Gasteiger charge is 1.98. The maximum atomic E-state index is 5.77. The van der Waals surface area contributed by atoms with E-state index in [1.807, 2.05) is 12.3 Å². The van der Waals surface area contributed by atoms with E-state index in [2.05, 4.69) is 35.3 Å². The first-order valence-electron chi connectivity index (χ1n) is 5.05. The Kier molecular flexibility index (Phi) is 4.25. The van der Waals surface area contributed by atoms with Crippen LogP contribution in [0, 0.1) is 0 Å². The fraction of sp³-hybridized carbons (Fsp3) is 0.154. The molecule has 0 fully saturated rings. The third kappa shape index (κ3) is 3.26. The average Bonchev–Trinajstić information content (AvgIpc) is 2.38. The molecule has 0 bridgehead atoms. The number of halogens is 1. The summed E-state index contributed by atoms with van der Waals surface area (Å²) in [5, 5.41) is 0. The standard InChI is InChI=1S/C13H12ClNS/c14-7-12-6-13(9-15-8-12)16-10-11-4-2-1-3-5-11/h1-6,8-9H,7,10H2. The largest absolute Gasteiger partial charge is 0.263 e. The van der Waals surface area contributed by atoms with Gasteiger partial charge in [-0.1, -0.05) is 30.3 Å². The molecule has 2 rings (SSSR count). The zero-order chi connectivity index (χ0) is 11.2. The molecule has 0 saturated heterocycles. The van der Waals surface area contributed by atoms with Crippen molar-refractivity contribution in [2.75, 3.05) is 0 Å². The van der Waals surface area contributed by atoms with E-state index >= 15 is 0 Å². The van der Waals surface area contributed by atoms with Crippen LogP contribution in [0.2, 0.25) is 0 Å². The van der Waals surface area contributed by atoms with E-state index in [1.165, 1.54) is 10.5 Å². The summed E-state index contributed by atoms with van der Waals surface area (Å²) in [6.07, 6.45) is 3.68. The van der Waals surface area contributed by atoms with Crippen molar-refractivity contribution in [1.29, 1.82) is 0 Å². The van der Waals surface area contributed by atoms with E-state index < -0.39 is 0 Å². The molecule has 1 nitrogen and oxygen atoms in total. The number of hydrogen-bond donors (Lipinski definition) is 0.